The van der Waals surface area contributed by atoms with Crippen LogP contribution in [0.2, 0.25) is 0 Å². The topological polar surface area (TPSA) is 63.9 Å². The normalized spacial score (nSPS) is 40.2. The van der Waals surface area contributed by atoms with E-state index < -0.39 is 12.7 Å². The Morgan fingerprint density at radius 3 is 2.36 bits per heavy atom. The summed E-state index contributed by atoms with van der Waals surface area (Å²) in [5.74, 6) is 5.01. The second kappa shape index (κ2) is 3.56. The zero-order valence-electron chi connectivity index (χ0n) is 7.98. The molecule has 1 atom stereocenters. The van der Waals surface area contributed by atoms with E-state index in [9.17, 15) is 5.11 Å². The highest BCUT2D eigenvalue weighted by atomic mass is 16.4. The molecule has 3 aliphatic heterocycles. The Morgan fingerprint density at radius 1 is 1.29 bits per heavy atom. The van der Waals surface area contributed by atoms with Gasteiger partial charge in [0.25, 0.3) is 0 Å². The smallest absolute Gasteiger partial charge is 0.416 e. The molecule has 3 saturated heterocycles. The molecular weight excluding hydrogens is 181 g/mol. The number of rotatable bonds is 0. The molecule has 14 heavy (non-hydrogen) atoms. The maximum Gasteiger partial charge on any atom is 0.544 e. The average molecular weight is 195 g/mol. The van der Waals surface area contributed by atoms with E-state index in [4.69, 9.17) is 10.0 Å². The van der Waals surface area contributed by atoms with Crippen LogP contribution in [0.4, 0.5) is 0 Å². The standard InChI is InChI=1S/C9H14BNO3/c12-9(3-4-10(13)14)7-11-5-1-8(9)2-6-11/h8,12-14H,1-2,5-7H2. The molecule has 76 valence electrons. The molecule has 0 amide bonds. The van der Waals surface area contributed by atoms with Gasteiger partial charge in [-0.15, -0.1) is 0 Å². The lowest BCUT2D eigenvalue weighted by atomic mass is 9.75. The molecule has 3 N–H and O–H groups in total. The molecule has 0 aromatic rings. The number of aliphatic hydroxyl groups is 1. The minimum Gasteiger partial charge on any atom is -0.416 e. The second-order valence-corrected chi connectivity index (χ2v) is 4.12. The van der Waals surface area contributed by atoms with E-state index in [2.05, 4.69) is 16.6 Å². The molecule has 1 unspecified atom stereocenters. The van der Waals surface area contributed by atoms with Gasteiger partial charge in [0.2, 0.25) is 0 Å². The number of hydrogen-bond donors (Lipinski definition) is 3. The molecule has 3 fully saturated rings. The van der Waals surface area contributed by atoms with Gasteiger partial charge in [0, 0.05) is 12.5 Å². The fraction of sp³-hybridized carbons (Fsp3) is 0.778. The van der Waals surface area contributed by atoms with Crippen molar-refractivity contribution >= 4 is 7.12 Å². The van der Waals surface area contributed by atoms with Crippen molar-refractivity contribution in [1.82, 2.24) is 4.90 Å². The summed E-state index contributed by atoms with van der Waals surface area (Å²) in [6, 6.07) is 0. The lowest BCUT2D eigenvalue weighted by Crippen LogP contribution is -2.58. The lowest BCUT2D eigenvalue weighted by molar-refractivity contribution is -0.0713. The van der Waals surface area contributed by atoms with Crippen molar-refractivity contribution in [3.63, 3.8) is 0 Å². The first kappa shape index (κ1) is 10.00. The van der Waals surface area contributed by atoms with Gasteiger partial charge in [-0.2, -0.15) is 0 Å². The quantitative estimate of drug-likeness (QED) is 0.323. The molecule has 4 nitrogen and oxygen atoms in total. The Kier molecular flexibility index (Phi) is 2.54. The van der Waals surface area contributed by atoms with Crippen LogP contribution in [-0.2, 0) is 0 Å². The molecule has 0 aromatic heterocycles. The predicted octanol–water partition coefficient (Wildman–Crippen LogP) is -1.54. The van der Waals surface area contributed by atoms with E-state index in [1.165, 1.54) is 0 Å². The van der Waals surface area contributed by atoms with Crippen molar-refractivity contribution in [3.05, 3.63) is 0 Å². The Balaban J connectivity index is 2.13. The molecule has 0 aromatic carbocycles. The van der Waals surface area contributed by atoms with E-state index in [-0.39, 0.29) is 5.92 Å². The van der Waals surface area contributed by atoms with Crippen LogP contribution in [-0.4, -0.2) is 52.4 Å². The summed E-state index contributed by atoms with van der Waals surface area (Å²) in [5.41, 5.74) is -1.03. The van der Waals surface area contributed by atoms with Gasteiger partial charge >= 0.3 is 7.12 Å². The zero-order chi connectivity index (χ0) is 10.2. The molecule has 0 spiro atoms. The third kappa shape index (κ3) is 1.79. The highest BCUT2D eigenvalue weighted by molar-refractivity contribution is 6.51. The highest BCUT2D eigenvalue weighted by Crippen LogP contribution is 2.34. The maximum atomic E-state index is 10.2. The molecule has 0 saturated carbocycles. The van der Waals surface area contributed by atoms with E-state index in [1.807, 2.05) is 0 Å². The average Bonchev–Trinajstić information content (AvgIpc) is 2.16. The van der Waals surface area contributed by atoms with Gasteiger partial charge < -0.3 is 15.2 Å². The Hall–Kier alpha value is -0.535. The third-order valence-electron chi connectivity index (χ3n) is 3.15. The SMILES string of the molecule is OB(O)C#CC1(O)CN2CCC1CC2. The van der Waals surface area contributed by atoms with Crippen LogP contribution in [0.1, 0.15) is 12.8 Å². The minimum absolute atomic E-state index is 0.193. The van der Waals surface area contributed by atoms with Crippen LogP contribution >= 0.6 is 0 Å². The van der Waals surface area contributed by atoms with E-state index in [0.717, 1.165) is 25.9 Å². The molecule has 0 radical (unpaired) electrons. The molecule has 3 heterocycles. The van der Waals surface area contributed by atoms with Crippen LogP contribution in [0.25, 0.3) is 0 Å². The molecule has 0 aliphatic carbocycles. The molecule has 3 rings (SSSR count). The summed E-state index contributed by atoms with van der Waals surface area (Å²) in [7, 11) is -1.64. The monoisotopic (exact) mass is 195 g/mol. The minimum atomic E-state index is -1.64. The van der Waals surface area contributed by atoms with Crippen LogP contribution in [0.15, 0.2) is 0 Å². The van der Waals surface area contributed by atoms with Gasteiger partial charge in [-0.25, -0.2) is 0 Å². The van der Waals surface area contributed by atoms with Gasteiger partial charge in [-0.05, 0) is 25.9 Å². The first-order valence-electron chi connectivity index (χ1n) is 4.94. The lowest BCUT2D eigenvalue weighted by Gasteiger charge is -2.47. The largest absolute Gasteiger partial charge is 0.544 e. The fourth-order valence-corrected chi connectivity index (χ4v) is 2.37. The number of hydrogen-bond acceptors (Lipinski definition) is 4. The van der Waals surface area contributed by atoms with Crippen LogP contribution in [0, 0.1) is 17.7 Å². The van der Waals surface area contributed by atoms with E-state index in [0.29, 0.717) is 6.54 Å². The van der Waals surface area contributed by atoms with Crippen molar-refractivity contribution in [1.29, 1.82) is 0 Å². The van der Waals surface area contributed by atoms with Gasteiger partial charge in [-0.3, -0.25) is 4.90 Å². The first-order chi connectivity index (χ1) is 6.60. The summed E-state index contributed by atoms with van der Waals surface area (Å²) >= 11 is 0. The third-order valence-corrected chi connectivity index (χ3v) is 3.15. The molecule has 2 bridgehead atoms. The van der Waals surface area contributed by atoms with Gasteiger partial charge in [0.15, 0.2) is 0 Å². The van der Waals surface area contributed by atoms with Gasteiger partial charge in [0.05, 0.1) is 0 Å². The predicted molar refractivity (Wildman–Crippen MR) is 52.1 cm³/mol. The first-order valence-corrected chi connectivity index (χ1v) is 4.94. The number of piperidine rings is 3. The Bertz CT molecular complexity index is 278. The summed E-state index contributed by atoms with van der Waals surface area (Å²) in [6.07, 6.45) is 1.90. The van der Waals surface area contributed by atoms with Gasteiger partial charge in [0.1, 0.15) is 5.60 Å². The van der Waals surface area contributed by atoms with Crippen molar-refractivity contribution in [2.75, 3.05) is 19.6 Å². The van der Waals surface area contributed by atoms with Crippen molar-refractivity contribution < 1.29 is 15.2 Å². The summed E-state index contributed by atoms with van der Waals surface area (Å²) in [5, 5.41) is 27.4. The van der Waals surface area contributed by atoms with E-state index >= 15 is 0 Å². The van der Waals surface area contributed by atoms with Crippen molar-refractivity contribution in [2.45, 2.75) is 18.4 Å². The zero-order valence-corrected chi connectivity index (χ0v) is 7.98. The summed E-state index contributed by atoms with van der Waals surface area (Å²) in [6.45, 7) is 2.59. The molecule has 3 aliphatic rings. The highest BCUT2D eigenvalue weighted by Gasteiger charge is 2.44. The van der Waals surface area contributed by atoms with E-state index in [1.54, 1.807) is 0 Å². The second-order valence-electron chi connectivity index (χ2n) is 4.12. The van der Waals surface area contributed by atoms with Crippen molar-refractivity contribution in [3.8, 4) is 11.7 Å². The van der Waals surface area contributed by atoms with Crippen LogP contribution in [0.5, 0.6) is 0 Å². The summed E-state index contributed by atoms with van der Waals surface area (Å²) in [4.78, 5) is 2.17. The summed E-state index contributed by atoms with van der Waals surface area (Å²) < 4.78 is 0. The Morgan fingerprint density at radius 2 is 1.93 bits per heavy atom. The molecular formula is C9H14BNO3. The fourth-order valence-electron chi connectivity index (χ4n) is 2.37. The number of nitrogens with zero attached hydrogens (tertiary/aromatic N) is 1. The van der Waals surface area contributed by atoms with Crippen LogP contribution in [0.3, 0.4) is 0 Å². The van der Waals surface area contributed by atoms with Gasteiger partial charge in [-0.1, -0.05) is 11.7 Å². The van der Waals surface area contributed by atoms with Crippen LogP contribution < -0.4 is 0 Å². The Labute approximate surface area is 83.7 Å². The molecule has 5 heteroatoms. The van der Waals surface area contributed by atoms with Crippen molar-refractivity contribution in [2.24, 2.45) is 5.92 Å². The number of fused-ring (bicyclic) bond motifs is 3. The maximum absolute atomic E-state index is 10.2.